The van der Waals surface area contributed by atoms with Crippen molar-refractivity contribution in [2.75, 3.05) is 0 Å². The summed E-state index contributed by atoms with van der Waals surface area (Å²) in [6.07, 6.45) is 1.83. The van der Waals surface area contributed by atoms with Gasteiger partial charge in [-0.05, 0) is 38.1 Å². The van der Waals surface area contributed by atoms with Crippen molar-refractivity contribution >= 4 is 5.97 Å². The zero-order chi connectivity index (χ0) is 14.7. The summed E-state index contributed by atoms with van der Waals surface area (Å²) in [5, 5.41) is 13.3. The molecule has 0 fully saturated rings. The third kappa shape index (κ3) is 3.14. The van der Waals surface area contributed by atoms with Crippen molar-refractivity contribution < 1.29 is 19.0 Å². The lowest BCUT2D eigenvalue weighted by Crippen LogP contribution is -2.06. The summed E-state index contributed by atoms with van der Waals surface area (Å²) in [5.41, 5.74) is 0.479. The molecule has 1 aromatic heterocycles. The molecule has 0 saturated heterocycles. The van der Waals surface area contributed by atoms with Crippen molar-refractivity contribution in [2.45, 2.75) is 26.5 Å². The molecule has 2 rings (SSSR count). The van der Waals surface area contributed by atoms with Crippen LogP contribution in [-0.2, 0) is 6.61 Å². The zero-order valence-corrected chi connectivity index (χ0v) is 11.2. The molecule has 6 heteroatoms. The Morgan fingerprint density at radius 1 is 1.45 bits per heavy atom. The summed E-state index contributed by atoms with van der Waals surface area (Å²) in [7, 11) is 0. The number of carboxylic acid groups (broad SMARTS) is 1. The van der Waals surface area contributed by atoms with Crippen LogP contribution in [0.25, 0.3) is 0 Å². The van der Waals surface area contributed by atoms with Gasteiger partial charge in [-0.15, -0.1) is 0 Å². The number of ether oxygens (including phenoxy) is 1. The van der Waals surface area contributed by atoms with Gasteiger partial charge in [-0.25, -0.2) is 9.18 Å². The highest BCUT2D eigenvalue weighted by atomic mass is 19.1. The normalized spacial score (nSPS) is 10.8. The average molecular weight is 278 g/mol. The Hall–Kier alpha value is -2.37. The molecular weight excluding hydrogens is 263 g/mol. The van der Waals surface area contributed by atoms with Crippen LogP contribution >= 0.6 is 0 Å². The molecule has 5 nitrogen and oxygen atoms in total. The highest BCUT2D eigenvalue weighted by Gasteiger charge is 2.13. The second-order valence-corrected chi connectivity index (χ2v) is 4.62. The molecule has 1 heterocycles. The standard InChI is InChI=1S/C14H15FN2O3/c1-9(2)17-6-5-11(16-17)8-20-13-4-3-10(15)7-12(13)14(18)19/h3-7,9H,8H2,1-2H3,(H,18,19). The number of aromatic nitrogens is 2. The van der Waals surface area contributed by atoms with Gasteiger partial charge in [0, 0.05) is 12.2 Å². The van der Waals surface area contributed by atoms with Gasteiger partial charge < -0.3 is 9.84 Å². The maximum absolute atomic E-state index is 13.0. The maximum Gasteiger partial charge on any atom is 0.339 e. The van der Waals surface area contributed by atoms with Gasteiger partial charge in [0.1, 0.15) is 23.7 Å². The summed E-state index contributed by atoms with van der Waals surface area (Å²) < 4.78 is 20.2. The Morgan fingerprint density at radius 3 is 2.80 bits per heavy atom. The molecule has 0 spiro atoms. The molecule has 1 N–H and O–H groups in total. The van der Waals surface area contributed by atoms with Crippen LogP contribution in [0.4, 0.5) is 4.39 Å². The molecule has 1 aromatic carbocycles. The van der Waals surface area contributed by atoms with Crippen molar-refractivity contribution in [3.63, 3.8) is 0 Å². The Balaban J connectivity index is 2.12. The molecule has 2 aromatic rings. The molecule has 20 heavy (non-hydrogen) atoms. The fraction of sp³-hybridized carbons (Fsp3) is 0.286. The molecule has 0 unspecified atom stereocenters. The number of carboxylic acids is 1. The Morgan fingerprint density at radius 2 is 2.20 bits per heavy atom. The van der Waals surface area contributed by atoms with Gasteiger partial charge in [0.05, 0.1) is 5.69 Å². The van der Waals surface area contributed by atoms with Gasteiger partial charge >= 0.3 is 5.97 Å². The van der Waals surface area contributed by atoms with E-state index in [0.29, 0.717) is 5.69 Å². The third-order valence-corrected chi connectivity index (χ3v) is 2.74. The van der Waals surface area contributed by atoms with Crippen LogP contribution < -0.4 is 4.74 Å². The van der Waals surface area contributed by atoms with Crippen LogP contribution in [0.5, 0.6) is 5.75 Å². The van der Waals surface area contributed by atoms with Crippen molar-refractivity contribution in [3.05, 3.63) is 47.5 Å². The smallest absolute Gasteiger partial charge is 0.339 e. The van der Waals surface area contributed by atoms with Crippen LogP contribution in [0.3, 0.4) is 0 Å². The summed E-state index contributed by atoms with van der Waals surface area (Å²) in [6.45, 7) is 4.13. The Kier molecular flexibility index (Phi) is 4.02. The third-order valence-electron chi connectivity index (χ3n) is 2.74. The summed E-state index contributed by atoms with van der Waals surface area (Å²) in [5.74, 6) is -1.72. The Bertz CT molecular complexity index is 623. The highest BCUT2D eigenvalue weighted by Crippen LogP contribution is 2.21. The quantitative estimate of drug-likeness (QED) is 0.913. The van der Waals surface area contributed by atoms with Gasteiger partial charge in [-0.1, -0.05) is 0 Å². The lowest BCUT2D eigenvalue weighted by Gasteiger charge is -2.08. The number of carbonyl (C=O) groups is 1. The largest absolute Gasteiger partial charge is 0.486 e. The second-order valence-electron chi connectivity index (χ2n) is 4.62. The van der Waals surface area contributed by atoms with Crippen molar-refractivity contribution in [2.24, 2.45) is 0 Å². The van der Waals surface area contributed by atoms with E-state index in [1.165, 1.54) is 6.07 Å². The first-order chi connectivity index (χ1) is 9.47. The van der Waals surface area contributed by atoms with Gasteiger partial charge in [0.25, 0.3) is 0 Å². The molecule has 0 bridgehead atoms. The fourth-order valence-electron chi connectivity index (χ4n) is 1.69. The summed E-state index contributed by atoms with van der Waals surface area (Å²) >= 11 is 0. The maximum atomic E-state index is 13.0. The summed E-state index contributed by atoms with van der Waals surface area (Å²) in [4.78, 5) is 11.0. The number of nitrogens with zero attached hydrogens (tertiary/aromatic N) is 2. The Labute approximate surface area is 115 Å². The average Bonchev–Trinajstić information content (AvgIpc) is 2.86. The number of halogens is 1. The van der Waals surface area contributed by atoms with Crippen molar-refractivity contribution in [3.8, 4) is 5.75 Å². The van der Waals surface area contributed by atoms with E-state index in [9.17, 15) is 9.18 Å². The molecule has 0 amide bonds. The van der Waals surface area contributed by atoms with E-state index in [1.54, 1.807) is 10.7 Å². The molecule has 0 saturated carbocycles. The first kappa shape index (κ1) is 14.0. The van der Waals surface area contributed by atoms with E-state index in [4.69, 9.17) is 9.84 Å². The molecule has 0 aliphatic heterocycles. The monoisotopic (exact) mass is 278 g/mol. The van der Waals surface area contributed by atoms with Crippen molar-refractivity contribution in [1.82, 2.24) is 9.78 Å². The van der Waals surface area contributed by atoms with E-state index in [0.717, 1.165) is 12.1 Å². The number of benzene rings is 1. The van der Waals surface area contributed by atoms with Gasteiger partial charge in [-0.2, -0.15) is 5.10 Å². The molecule has 106 valence electrons. The van der Waals surface area contributed by atoms with Gasteiger partial charge in [0.15, 0.2) is 0 Å². The summed E-state index contributed by atoms with van der Waals surface area (Å²) in [6, 6.07) is 5.44. The molecule has 0 atom stereocenters. The van der Waals surface area contributed by atoms with Gasteiger partial charge in [-0.3, -0.25) is 4.68 Å². The minimum atomic E-state index is -1.23. The number of hydrogen-bond donors (Lipinski definition) is 1. The minimum absolute atomic E-state index is 0.123. The predicted octanol–water partition coefficient (Wildman–Crippen LogP) is 2.88. The first-order valence-corrected chi connectivity index (χ1v) is 6.17. The van der Waals surface area contributed by atoms with E-state index in [2.05, 4.69) is 5.10 Å². The van der Waals surface area contributed by atoms with Crippen LogP contribution in [0.1, 0.15) is 35.9 Å². The zero-order valence-electron chi connectivity index (χ0n) is 11.2. The van der Waals surface area contributed by atoms with E-state index in [-0.39, 0.29) is 24.0 Å². The van der Waals surface area contributed by atoms with Gasteiger partial charge in [0.2, 0.25) is 0 Å². The predicted molar refractivity (Wildman–Crippen MR) is 70.3 cm³/mol. The van der Waals surface area contributed by atoms with E-state index in [1.807, 2.05) is 20.0 Å². The lowest BCUT2D eigenvalue weighted by atomic mass is 10.2. The van der Waals surface area contributed by atoms with Crippen LogP contribution in [-0.4, -0.2) is 20.9 Å². The van der Waals surface area contributed by atoms with Crippen LogP contribution in [0, 0.1) is 5.82 Å². The number of aromatic carboxylic acids is 1. The van der Waals surface area contributed by atoms with Crippen LogP contribution in [0.2, 0.25) is 0 Å². The minimum Gasteiger partial charge on any atom is -0.486 e. The number of hydrogen-bond acceptors (Lipinski definition) is 3. The lowest BCUT2D eigenvalue weighted by molar-refractivity contribution is 0.0691. The highest BCUT2D eigenvalue weighted by molar-refractivity contribution is 5.90. The van der Waals surface area contributed by atoms with Crippen LogP contribution in [0.15, 0.2) is 30.5 Å². The van der Waals surface area contributed by atoms with Crippen molar-refractivity contribution in [1.29, 1.82) is 0 Å². The second kappa shape index (κ2) is 5.73. The molecule has 0 aliphatic rings. The van der Waals surface area contributed by atoms with E-state index < -0.39 is 11.8 Å². The van der Waals surface area contributed by atoms with E-state index >= 15 is 0 Å². The molecular formula is C14H15FN2O3. The number of rotatable bonds is 5. The first-order valence-electron chi connectivity index (χ1n) is 6.17. The molecule has 0 radical (unpaired) electrons. The SMILES string of the molecule is CC(C)n1ccc(COc2ccc(F)cc2C(=O)O)n1. The topological polar surface area (TPSA) is 64.3 Å². The molecule has 0 aliphatic carbocycles. The fourth-order valence-corrected chi connectivity index (χ4v) is 1.69.